The fourth-order valence-electron chi connectivity index (χ4n) is 3.63. The van der Waals surface area contributed by atoms with E-state index in [9.17, 15) is 4.79 Å². The van der Waals surface area contributed by atoms with Gasteiger partial charge in [0, 0.05) is 23.2 Å². The first-order valence-corrected chi connectivity index (χ1v) is 10.4. The molecule has 1 N–H and O–H groups in total. The molecule has 27 heavy (non-hydrogen) atoms. The first-order valence-electron chi connectivity index (χ1n) is 10.0. The number of halogens is 1. The molecule has 144 valence electrons. The Morgan fingerprint density at radius 2 is 1.85 bits per heavy atom. The van der Waals surface area contributed by atoms with Crippen molar-refractivity contribution in [3.8, 4) is 0 Å². The molecule has 1 amide bonds. The number of aryl methyl sites for hydroxylation is 1. The third-order valence-electron chi connectivity index (χ3n) is 5.29. The van der Waals surface area contributed by atoms with Gasteiger partial charge in [0.1, 0.15) is 0 Å². The molecule has 3 nitrogen and oxygen atoms in total. The molecule has 1 aliphatic rings. The number of carbonyl (C=O) groups is 1. The molecule has 1 saturated heterocycles. The number of nitrogens with zero attached hydrogens (tertiary/aromatic N) is 1. The maximum atomic E-state index is 12.6. The quantitative estimate of drug-likeness (QED) is 0.680. The van der Waals surface area contributed by atoms with Gasteiger partial charge in [0.25, 0.3) is 0 Å². The van der Waals surface area contributed by atoms with Crippen LogP contribution in [-0.4, -0.2) is 23.9 Å². The molecule has 0 bridgehead atoms. The van der Waals surface area contributed by atoms with Crippen LogP contribution in [0.1, 0.15) is 43.7 Å². The molecule has 2 aromatic carbocycles. The highest BCUT2D eigenvalue weighted by Gasteiger charge is 2.25. The second kappa shape index (κ2) is 9.91. The van der Waals surface area contributed by atoms with Gasteiger partial charge in [-0.05, 0) is 74.2 Å². The van der Waals surface area contributed by atoms with E-state index in [0.29, 0.717) is 0 Å². The Balaban J connectivity index is 1.45. The van der Waals surface area contributed by atoms with Gasteiger partial charge in [-0.25, -0.2) is 0 Å². The molecule has 4 heteroatoms. The highest BCUT2D eigenvalue weighted by Crippen LogP contribution is 2.22. The largest absolute Gasteiger partial charge is 0.326 e. The van der Waals surface area contributed by atoms with Crippen LogP contribution in [0.4, 0.5) is 5.69 Å². The third-order valence-corrected chi connectivity index (χ3v) is 5.53. The van der Waals surface area contributed by atoms with E-state index in [4.69, 9.17) is 11.6 Å². The number of hydrogen-bond donors (Lipinski definition) is 1. The van der Waals surface area contributed by atoms with Gasteiger partial charge < -0.3 is 5.32 Å². The highest BCUT2D eigenvalue weighted by molar-refractivity contribution is 6.30. The molecule has 0 aromatic heterocycles. The predicted molar refractivity (Wildman–Crippen MR) is 113 cm³/mol. The molecule has 1 aliphatic heterocycles. The van der Waals surface area contributed by atoms with Gasteiger partial charge in [0.2, 0.25) is 5.91 Å². The molecular weight excluding hydrogens is 356 g/mol. The van der Waals surface area contributed by atoms with E-state index in [0.717, 1.165) is 49.6 Å². The van der Waals surface area contributed by atoms with Gasteiger partial charge in [0.15, 0.2) is 0 Å². The second-order valence-corrected chi connectivity index (χ2v) is 7.91. The zero-order chi connectivity index (χ0) is 19.1. The smallest absolute Gasteiger partial charge is 0.227 e. The van der Waals surface area contributed by atoms with Gasteiger partial charge in [-0.3, -0.25) is 9.69 Å². The topological polar surface area (TPSA) is 32.3 Å². The number of amides is 1. The summed E-state index contributed by atoms with van der Waals surface area (Å²) in [4.78, 5) is 15.0. The lowest BCUT2D eigenvalue weighted by Gasteiger charge is -2.31. The molecule has 0 aliphatic carbocycles. The van der Waals surface area contributed by atoms with Crippen LogP contribution in [0.15, 0.2) is 48.5 Å². The van der Waals surface area contributed by atoms with E-state index in [2.05, 4.69) is 35.3 Å². The zero-order valence-electron chi connectivity index (χ0n) is 16.1. The Bertz CT molecular complexity index is 736. The molecule has 0 atom stereocenters. The van der Waals surface area contributed by atoms with E-state index in [1.54, 1.807) is 0 Å². The molecule has 1 fully saturated rings. The van der Waals surface area contributed by atoms with E-state index in [1.165, 1.54) is 24.0 Å². The van der Waals surface area contributed by atoms with E-state index in [1.807, 2.05) is 30.3 Å². The minimum atomic E-state index is 0.0976. The van der Waals surface area contributed by atoms with Gasteiger partial charge in [0.05, 0.1) is 0 Å². The molecule has 0 radical (unpaired) electrons. The van der Waals surface area contributed by atoms with E-state index in [-0.39, 0.29) is 11.8 Å². The summed E-state index contributed by atoms with van der Waals surface area (Å²) in [5.74, 6) is 0.249. The fraction of sp³-hybridized carbons (Fsp3) is 0.435. The number of carbonyl (C=O) groups excluding carboxylic acids is 1. The van der Waals surface area contributed by atoms with Crippen molar-refractivity contribution < 1.29 is 4.79 Å². The maximum absolute atomic E-state index is 12.6. The molecule has 2 aromatic rings. The number of rotatable bonds is 7. The lowest BCUT2D eigenvalue weighted by molar-refractivity contribution is -0.121. The Labute approximate surface area is 167 Å². The molecule has 3 rings (SSSR count). The summed E-state index contributed by atoms with van der Waals surface area (Å²) in [6, 6.07) is 16.3. The van der Waals surface area contributed by atoms with Crippen LogP contribution >= 0.6 is 11.6 Å². The van der Waals surface area contributed by atoms with E-state index < -0.39 is 0 Å². The Morgan fingerprint density at radius 3 is 2.52 bits per heavy atom. The Morgan fingerprint density at radius 1 is 1.11 bits per heavy atom. The van der Waals surface area contributed by atoms with Crippen molar-refractivity contribution in [2.24, 2.45) is 5.92 Å². The van der Waals surface area contributed by atoms with Crippen LogP contribution in [-0.2, 0) is 17.8 Å². The number of hydrogen-bond acceptors (Lipinski definition) is 2. The first-order chi connectivity index (χ1) is 13.1. The molecule has 1 heterocycles. The van der Waals surface area contributed by atoms with Gasteiger partial charge >= 0.3 is 0 Å². The Kier molecular flexibility index (Phi) is 7.31. The van der Waals surface area contributed by atoms with Crippen molar-refractivity contribution in [2.45, 2.75) is 45.6 Å². The minimum Gasteiger partial charge on any atom is -0.326 e. The summed E-state index contributed by atoms with van der Waals surface area (Å²) in [6.45, 7) is 4.99. The molecule has 0 spiro atoms. The van der Waals surface area contributed by atoms with Crippen molar-refractivity contribution in [2.75, 3.05) is 18.4 Å². The summed E-state index contributed by atoms with van der Waals surface area (Å²) in [5.41, 5.74) is 3.47. The highest BCUT2D eigenvalue weighted by atomic mass is 35.5. The average molecular weight is 385 g/mol. The molecular formula is C23H29ClN2O. The molecule has 0 saturated carbocycles. The predicted octanol–water partition coefficient (Wildman–Crippen LogP) is 5.53. The SMILES string of the molecule is CCCCc1ccc(NC(=O)C2CCN(Cc3cccc(Cl)c3)CC2)cc1. The van der Waals surface area contributed by atoms with Gasteiger partial charge in [-0.15, -0.1) is 0 Å². The number of unbranched alkanes of at least 4 members (excludes halogenated alkanes) is 1. The number of benzene rings is 2. The van der Waals surface area contributed by atoms with Crippen LogP contribution in [0.3, 0.4) is 0 Å². The van der Waals surface area contributed by atoms with E-state index >= 15 is 0 Å². The average Bonchev–Trinajstić information content (AvgIpc) is 2.68. The Hall–Kier alpha value is -1.84. The number of nitrogens with one attached hydrogen (secondary N) is 1. The summed E-state index contributed by atoms with van der Waals surface area (Å²) in [6.07, 6.45) is 5.33. The van der Waals surface area contributed by atoms with Crippen LogP contribution in [0.5, 0.6) is 0 Å². The monoisotopic (exact) mass is 384 g/mol. The number of likely N-dealkylation sites (tertiary alicyclic amines) is 1. The van der Waals surface area contributed by atoms with Crippen LogP contribution in [0.2, 0.25) is 5.02 Å². The van der Waals surface area contributed by atoms with Crippen molar-refractivity contribution in [1.82, 2.24) is 4.90 Å². The standard InChI is InChI=1S/C23H29ClN2O/c1-2-3-5-18-8-10-22(11-9-18)25-23(27)20-12-14-26(15-13-20)17-19-6-4-7-21(24)16-19/h4,6-11,16,20H,2-3,5,12-15,17H2,1H3,(H,25,27). The zero-order valence-corrected chi connectivity index (χ0v) is 16.8. The van der Waals surface area contributed by atoms with Crippen molar-refractivity contribution in [3.05, 3.63) is 64.7 Å². The first kappa shape index (κ1) is 19.9. The van der Waals surface area contributed by atoms with Gasteiger partial charge in [-0.1, -0.05) is 49.2 Å². The summed E-state index contributed by atoms with van der Waals surface area (Å²) in [5, 5.41) is 3.87. The molecule has 0 unspecified atom stereocenters. The lowest BCUT2D eigenvalue weighted by atomic mass is 9.95. The van der Waals surface area contributed by atoms with Crippen molar-refractivity contribution >= 4 is 23.2 Å². The van der Waals surface area contributed by atoms with Crippen LogP contribution < -0.4 is 5.32 Å². The van der Waals surface area contributed by atoms with Gasteiger partial charge in [-0.2, -0.15) is 0 Å². The minimum absolute atomic E-state index is 0.0976. The third kappa shape index (κ3) is 6.08. The fourth-order valence-corrected chi connectivity index (χ4v) is 3.84. The summed E-state index contributed by atoms with van der Waals surface area (Å²) in [7, 11) is 0. The lowest BCUT2D eigenvalue weighted by Crippen LogP contribution is -2.37. The second-order valence-electron chi connectivity index (χ2n) is 7.47. The van der Waals surface area contributed by atoms with Crippen molar-refractivity contribution in [3.63, 3.8) is 0 Å². The number of piperidine rings is 1. The normalized spacial score (nSPS) is 15.6. The van der Waals surface area contributed by atoms with Crippen LogP contribution in [0, 0.1) is 5.92 Å². The van der Waals surface area contributed by atoms with Crippen LogP contribution in [0.25, 0.3) is 0 Å². The summed E-state index contributed by atoms with van der Waals surface area (Å²) < 4.78 is 0. The summed E-state index contributed by atoms with van der Waals surface area (Å²) >= 11 is 6.07. The van der Waals surface area contributed by atoms with Crippen molar-refractivity contribution in [1.29, 1.82) is 0 Å². The number of anilines is 1. The maximum Gasteiger partial charge on any atom is 0.227 e.